The zero-order valence-corrected chi connectivity index (χ0v) is 11.3. The number of ether oxygens (including phenoxy) is 2. The third-order valence-electron chi connectivity index (χ3n) is 2.16. The molecule has 0 aliphatic rings. The highest BCUT2D eigenvalue weighted by Crippen LogP contribution is 2.43. The van der Waals surface area contributed by atoms with Crippen LogP contribution in [-0.4, -0.2) is 36.6 Å². The van der Waals surface area contributed by atoms with Gasteiger partial charge in [-0.1, -0.05) is 0 Å². The molecule has 0 radical (unpaired) electrons. The molecule has 0 atom stereocenters. The molecule has 0 fully saturated rings. The molecule has 0 spiro atoms. The largest absolute Gasteiger partial charge is 0.490 e. The molecule has 2 heterocycles. The smallest absolute Gasteiger partial charge is 0.138 e. The molecule has 0 aliphatic heterocycles. The Morgan fingerprint density at radius 2 is 1.28 bits per heavy atom. The van der Waals surface area contributed by atoms with Crippen LogP contribution in [-0.2, 0) is 0 Å². The summed E-state index contributed by atoms with van der Waals surface area (Å²) in [5, 5.41) is 21.5. The minimum Gasteiger partial charge on any atom is -0.490 e. The van der Waals surface area contributed by atoms with E-state index in [4.69, 9.17) is 19.7 Å². The van der Waals surface area contributed by atoms with E-state index in [1.807, 2.05) is 22.9 Å². The molecule has 0 aromatic carbocycles. The second-order valence-corrected chi connectivity index (χ2v) is 5.20. The zero-order chi connectivity index (χ0) is 12.8. The van der Waals surface area contributed by atoms with Gasteiger partial charge in [-0.2, -0.15) is 0 Å². The summed E-state index contributed by atoms with van der Waals surface area (Å²) in [6.07, 6.45) is 0. The van der Waals surface area contributed by atoms with Gasteiger partial charge >= 0.3 is 0 Å². The zero-order valence-electron chi connectivity index (χ0n) is 9.67. The molecule has 2 rings (SSSR count). The van der Waals surface area contributed by atoms with E-state index in [1.54, 1.807) is 22.7 Å². The molecule has 2 N–H and O–H groups in total. The number of hydrogen-bond acceptors (Lipinski definition) is 6. The molecule has 0 saturated carbocycles. The van der Waals surface area contributed by atoms with E-state index in [2.05, 4.69) is 0 Å². The average molecular weight is 286 g/mol. The fraction of sp³-hybridized carbons (Fsp3) is 0.333. The van der Waals surface area contributed by atoms with Crippen molar-refractivity contribution < 1.29 is 19.7 Å². The first kappa shape index (κ1) is 13.4. The predicted molar refractivity (Wildman–Crippen MR) is 72.8 cm³/mol. The van der Waals surface area contributed by atoms with Gasteiger partial charge in [-0.15, -0.1) is 22.7 Å². The van der Waals surface area contributed by atoms with Crippen molar-refractivity contribution in [1.82, 2.24) is 0 Å². The number of aliphatic hydroxyl groups excluding tert-OH is 2. The van der Waals surface area contributed by atoms with Gasteiger partial charge in [-0.05, 0) is 22.9 Å². The topological polar surface area (TPSA) is 58.9 Å². The van der Waals surface area contributed by atoms with Crippen molar-refractivity contribution in [3.8, 4) is 21.3 Å². The summed E-state index contributed by atoms with van der Waals surface area (Å²) in [4.78, 5) is 1.98. The normalized spacial score (nSPS) is 10.6. The Balaban J connectivity index is 2.20. The van der Waals surface area contributed by atoms with Crippen molar-refractivity contribution in [3.63, 3.8) is 0 Å². The highest BCUT2D eigenvalue weighted by atomic mass is 32.1. The van der Waals surface area contributed by atoms with Crippen LogP contribution in [0.5, 0.6) is 11.5 Å². The van der Waals surface area contributed by atoms with Gasteiger partial charge in [0, 0.05) is 0 Å². The molecule has 0 aliphatic carbocycles. The first-order chi connectivity index (χ1) is 8.86. The Morgan fingerprint density at radius 1 is 0.833 bits per heavy atom. The number of rotatable bonds is 7. The van der Waals surface area contributed by atoms with Crippen LogP contribution < -0.4 is 9.47 Å². The summed E-state index contributed by atoms with van der Waals surface area (Å²) in [5.41, 5.74) is 0. The minimum atomic E-state index is -0.00635. The highest BCUT2D eigenvalue weighted by molar-refractivity contribution is 7.21. The quantitative estimate of drug-likeness (QED) is 0.819. The number of hydrogen-bond donors (Lipinski definition) is 2. The lowest BCUT2D eigenvalue weighted by Gasteiger charge is -2.07. The fourth-order valence-electron chi connectivity index (χ4n) is 1.46. The van der Waals surface area contributed by atoms with E-state index in [0.717, 1.165) is 21.3 Å². The Bertz CT molecular complexity index is 434. The molecule has 0 bridgehead atoms. The predicted octanol–water partition coefficient (Wildman–Crippen LogP) is 2.22. The number of thiophene rings is 2. The Morgan fingerprint density at radius 3 is 1.67 bits per heavy atom. The third kappa shape index (κ3) is 3.02. The van der Waals surface area contributed by atoms with Crippen molar-refractivity contribution in [2.75, 3.05) is 26.4 Å². The van der Waals surface area contributed by atoms with Crippen molar-refractivity contribution in [1.29, 1.82) is 0 Å². The van der Waals surface area contributed by atoms with E-state index < -0.39 is 0 Å². The van der Waals surface area contributed by atoms with Crippen LogP contribution in [0.25, 0.3) is 9.75 Å². The van der Waals surface area contributed by atoms with E-state index in [1.165, 1.54) is 0 Å². The van der Waals surface area contributed by atoms with Gasteiger partial charge in [0.15, 0.2) is 0 Å². The maximum Gasteiger partial charge on any atom is 0.138 e. The van der Waals surface area contributed by atoms with Crippen molar-refractivity contribution in [2.45, 2.75) is 0 Å². The van der Waals surface area contributed by atoms with Crippen LogP contribution >= 0.6 is 22.7 Å². The van der Waals surface area contributed by atoms with E-state index in [0.29, 0.717) is 0 Å². The molecule has 2 aromatic rings. The standard InChI is InChI=1S/C12H14O4S2/c13-3-5-15-9-1-7-17-11(9)12-10(2-8-18-12)16-6-4-14/h1-2,7-8,13-14H,3-6H2. The molecule has 0 unspecified atom stereocenters. The maximum absolute atomic E-state index is 8.79. The minimum absolute atomic E-state index is 0.00635. The van der Waals surface area contributed by atoms with Crippen LogP contribution in [0.15, 0.2) is 22.9 Å². The first-order valence-electron chi connectivity index (χ1n) is 5.49. The Hall–Kier alpha value is -1.08. The molecular weight excluding hydrogens is 272 g/mol. The molecule has 4 nitrogen and oxygen atoms in total. The summed E-state index contributed by atoms with van der Waals surface area (Å²) >= 11 is 3.13. The van der Waals surface area contributed by atoms with Gasteiger partial charge in [-0.25, -0.2) is 0 Å². The van der Waals surface area contributed by atoms with E-state index >= 15 is 0 Å². The fourth-order valence-corrected chi connectivity index (χ4v) is 3.31. The summed E-state index contributed by atoms with van der Waals surface area (Å²) in [5.74, 6) is 1.51. The van der Waals surface area contributed by atoms with Gasteiger partial charge in [-0.3, -0.25) is 0 Å². The van der Waals surface area contributed by atoms with Crippen LogP contribution in [0.2, 0.25) is 0 Å². The molecule has 0 saturated heterocycles. The molecule has 2 aromatic heterocycles. The highest BCUT2D eigenvalue weighted by Gasteiger charge is 2.14. The van der Waals surface area contributed by atoms with Gasteiger partial charge in [0.05, 0.1) is 23.0 Å². The molecule has 6 heteroatoms. The van der Waals surface area contributed by atoms with Crippen LogP contribution in [0.1, 0.15) is 0 Å². The van der Waals surface area contributed by atoms with Gasteiger partial charge < -0.3 is 19.7 Å². The average Bonchev–Trinajstić information content (AvgIpc) is 3.01. The van der Waals surface area contributed by atoms with E-state index in [-0.39, 0.29) is 26.4 Å². The van der Waals surface area contributed by atoms with Gasteiger partial charge in [0.2, 0.25) is 0 Å². The molecular formula is C12H14O4S2. The van der Waals surface area contributed by atoms with Crippen molar-refractivity contribution in [3.05, 3.63) is 22.9 Å². The molecule has 18 heavy (non-hydrogen) atoms. The van der Waals surface area contributed by atoms with Gasteiger partial charge in [0.25, 0.3) is 0 Å². The summed E-state index contributed by atoms with van der Waals surface area (Å²) in [6, 6.07) is 3.76. The second kappa shape index (κ2) is 6.75. The SMILES string of the molecule is OCCOc1ccsc1-c1sccc1OCCO. The Kier molecular flexibility index (Phi) is 5.00. The monoisotopic (exact) mass is 286 g/mol. The lowest BCUT2D eigenvalue weighted by molar-refractivity contribution is 0.200. The summed E-state index contributed by atoms with van der Waals surface area (Å²) < 4.78 is 10.9. The number of aliphatic hydroxyl groups is 2. The lowest BCUT2D eigenvalue weighted by atomic mass is 10.3. The second-order valence-electron chi connectivity index (χ2n) is 3.37. The third-order valence-corrected chi connectivity index (χ3v) is 4.12. The maximum atomic E-state index is 8.79. The van der Waals surface area contributed by atoms with Crippen molar-refractivity contribution in [2.24, 2.45) is 0 Å². The van der Waals surface area contributed by atoms with Crippen LogP contribution in [0.4, 0.5) is 0 Å². The Labute approximate surface area is 113 Å². The van der Waals surface area contributed by atoms with Crippen molar-refractivity contribution >= 4 is 22.7 Å². The molecule has 98 valence electrons. The van der Waals surface area contributed by atoms with Crippen LogP contribution in [0.3, 0.4) is 0 Å². The van der Waals surface area contributed by atoms with Gasteiger partial charge in [0.1, 0.15) is 24.7 Å². The summed E-state index contributed by atoms with van der Waals surface area (Å²) in [7, 11) is 0. The van der Waals surface area contributed by atoms with Crippen LogP contribution in [0, 0.1) is 0 Å². The van der Waals surface area contributed by atoms with E-state index in [9.17, 15) is 0 Å². The summed E-state index contributed by atoms with van der Waals surface area (Å²) in [6.45, 7) is 0.547. The first-order valence-corrected chi connectivity index (χ1v) is 7.25. The lowest BCUT2D eigenvalue weighted by Crippen LogP contribution is -2.02. The molecule has 0 amide bonds.